The quantitative estimate of drug-likeness (QED) is 0.280. The Morgan fingerprint density at radius 1 is 1.10 bits per heavy atom. The summed E-state index contributed by atoms with van der Waals surface area (Å²) in [5.41, 5.74) is 4.92. The largest absolute Gasteiger partial charge is 0.394 e. The SMILES string of the molecule is NC(=O)CCCC(=O)C(O)[C@@H]1O[C@H](CO)[C@@H](O)[C@H](O)C1O. The van der Waals surface area contributed by atoms with Gasteiger partial charge in [0, 0.05) is 12.8 Å². The molecule has 1 aliphatic heterocycles. The van der Waals surface area contributed by atoms with Gasteiger partial charge in [-0.3, -0.25) is 9.59 Å². The van der Waals surface area contributed by atoms with Crippen molar-refractivity contribution < 1.29 is 39.9 Å². The molecule has 0 aromatic heterocycles. The van der Waals surface area contributed by atoms with Gasteiger partial charge in [0.15, 0.2) is 5.78 Å². The number of nitrogens with two attached hydrogens (primary N) is 1. The summed E-state index contributed by atoms with van der Waals surface area (Å²) < 4.78 is 5.07. The topological polar surface area (TPSA) is 171 Å². The zero-order chi connectivity index (χ0) is 16.2. The van der Waals surface area contributed by atoms with E-state index in [9.17, 15) is 30.0 Å². The Labute approximate surface area is 120 Å². The first-order chi connectivity index (χ1) is 9.79. The highest BCUT2D eigenvalue weighted by Gasteiger charge is 2.47. The summed E-state index contributed by atoms with van der Waals surface area (Å²) >= 11 is 0. The van der Waals surface area contributed by atoms with Crippen molar-refractivity contribution in [1.29, 1.82) is 0 Å². The molecule has 1 fully saturated rings. The molecule has 0 saturated carbocycles. The van der Waals surface area contributed by atoms with Gasteiger partial charge in [0.05, 0.1) is 6.61 Å². The van der Waals surface area contributed by atoms with Gasteiger partial charge in [0.1, 0.15) is 36.6 Å². The van der Waals surface area contributed by atoms with Gasteiger partial charge < -0.3 is 36.0 Å². The van der Waals surface area contributed by atoms with Gasteiger partial charge in [-0.05, 0) is 6.42 Å². The fourth-order valence-corrected chi connectivity index (χ4v) is 2.16. The van der Waals surface area contributed by atoms with Crippen molar-refractivity contribution in [3.63, 3.8) is 0 Å². The number of amides is 1. The van der Waals surface area contributed by atoms with E-state index >= 15 is 0 Å². The zero-order valence-corrected chi connectivity index (χ0v) is 11.3. The highest BCUT2D eigenvalue weighted by molar-refractivity contribution is 5.84. The number of carbonyl (C=O) groups is 2. The predicted molar refractivity (Wildman–Crippen MR) is 67.8 cm³/mol. The molecule has 1 aliphatic rings. The van der Waals surface area contributed by atoms with Crippen LogP contribution in [0.25, 0.3) is 0 Å². The third-order valence-corrected chi connectivity index (χ3v) is 3.42. The lowest BCUT2D eigenvalue weighted by Crippen LogP contribution is -2.62. The molecule has 0 aromatic carbocycles. The summed E-state index contributed by atoms with van der Waals surface area (Å²) in [6.45, 7) is -0.649. The summed E-state index contributed by atoms with van der Waals surface area (Å²) in [7, 11) is 0. The first-order valence-electron chi connectivity index (χ1n) is 6.59. The number of aliphatic hydroxyl groups excluding tert-OH is 5. The molecule has 122 valence electrons. The molecule has 7 N–H and O–H groups in total. The van der Waals surface area contributed by atoms with Crippen LogP contribution in [0.3, 0.4) is 0 Å². The van der Waals surface area contributed by atoms with E-state index in [2.05, 4.69) is 0 Å². The number of carbonyl (C=O) groups excluding carboxylic acids is 2. The van der Waals surface area contributed by atoms with Crippen molar-refractivity contribution in [3.8, 4) is 0 Å². The maximum absolute atomic E-state index is 11.8. The van der Waals surface area contributed by atoms with E-state index in [1.807, 2.05) is 0 Å². The number of primary amides is 1. The maximum atomic E-state index is 11.8. The molecule has 1 saturated heterocycles. The zero-order valence-electron chi connectivity index (χ0n) is 11.3. The molecule has 0 bridgehead atoms. The van der Waals surface area contributed by atoms with Crippen molar-refractivity contribution >= 4 is 11.7 Å². The number of hydrogen-bond donors (Lipinski definition) is 6. The minimum absolute atomic E-state index is 0.0207. The van der Waals surface area contributed by atoms with Crippen LogP contribution in [0.4, 0.5) is 0 Å². The van der Waals surface area contributed by atoms with Gasteiger partial charge in [0.2, 0.25) is 5.91 Å². The second-order valence-electron chi connectivity index (χ2n) is 5.02. The molecule has 9 nitrogen and oxygen atoms in total. The molecule has 0 spiro atoms. The van der Waals surface area contributed by atoms with Gasteiger partial charge in [-0.25, -0.2) is 0 Å². The lowest BCUT2D eigenvalue weighted by atomic mass is 9.90. The number of ether oxygens (including phenoxy) is 1. The number of Topliss-reactive ketones (excluding diaryl/α,β-unsaturated/α-hetero) is 1. The Balaban J connectivity index is 2.64. The molecule has 21 heavy (non-hydrogen) atoms. The minimum atomic E-state index is -1.75. The smallest absolute Gasteiger partial charge is 0.217 e. The summed E-state index contributed by atoms with van der Waals surface area (Å²) in [5.74, 6) is -1.27. The number of aliphatic hydroxyl groups is 5. The first-order valence-corrected chi connectivity index (χ1v) is 6.59. The molecule has 0 aromatic rings. The Kier molecular flexibility index (Phi) is 6.65. The molecule has 6 atom stereocenters. The van der Waals surface area contributed by atoms with E-state index in [-0.39, 0.29) is 19.3 Å². The average Bonchev–Trinajstić information content (AvgIpc) is 2.44. The molecule has 9 heteroatoms. The Bertz CT molecular complexity index is 374. The van der Waals surface area contributed by atoms with Gasteiger partial charge in [0.25, 0.3) is 0 Å². The van der Waals surface area contributed by atoms with Crippen LogP contribution in [-0.2, 0) is 14.3 Å². The van der Waals surface area contributed by atoms with Crippen LogP contribution in [0, 0.1) is 0 Å². The van der Waals surface area contributed by atoms with Crippen LogP contribution in [0.15, 0.2) is 0 Å². The van der Waals surface area contributed by atoms with Crippen LogP contribution >= 0.6 is 0 Å². The normalized spacial score (nSPS) is 34.4. The van der Waals surface area contributed by atoms with E-state index in [4.69, 9.17) is 15.6 Å². The van der Waals surface area contributed by atoms with Crippen LogP contribution < -0.4 is 5.73 Å². The van der Waals surface area contributed by atoms with Gasteiger partial charge in [-0.2, -0.15) is 0 Å². The number of ketones is 1. The Morgan fingerprint density at radius 2 is 1.71 bits per heavy atom. The summed E-state index contributed by atoms with van der Waals surface area (Å²) in [5, 5.41) is 47.8. The van der Waals surface area contributed by atoms with E-state index in [1.54, 1.807) is 0 Å². The molecule has 1 heterocycles. The van der Waals surface area contributed by atoms with Gasteiger partial charge in [-0.1, -0.05) is 0 Å². The van der Waals surface area contributed by atoms with Crippen LogP contribution in [0.2, 0.25) is 0 Å². The molecule has 1 rings (SSSR count). The molecule has 0 aliphatic carbocycles. The summed E-state index contributed by atoms with van der Waals surface area (Å²) in [4.78, 5) is 22.3. The third-order valence-electron chi connectivity index (χ3n) is 3.42. The lowest BCUT2D eigenvalue weighted by Gasteiger charge is -2.41. The van der Waals surface area contributed by atoms with Crippen molar-refractivity contribution in [3.05, 3.63) is 0 Å². The maximum Gasteiger partial charge on any atom is 0.217 e. The first kappa shape index (κ1) is 18.0. The Hall–Kier alpha value is -1.10. The minimum Gasteiger partial charge on any atom is -0.394 e. The highest BCUT2D eigenvalue weighted by atomic mass is 16.6. The van der Waals surface area contributed by atoms with Crippen LogP contribution in [0.1, 0.15) is 19.3 Å². The summed E-state index contributed by atoms with van der Waals surface area (Å²) in [6.07, 6.45) is -9.34. The second-order valence-corrected chi connectivity index (χ2v) is 5.02. The summed E-state index contributed by atoms with van der Waals surface area (Å²) in [6, 6.07) is 0. The fourth-order valence-electron chi connectivity index (χ4n) is 2.16. The number of hydrogen-bond acceptors (Lipinski definition) is 8. The van der Waals surface area contributed by atoms with Crippen molar-refractivity contribution in [2.75, 3.05) is 6.61 Å². The number of rotatable bonds is 7. The standard InChI is InChI=1S/C12H21NO8/c13-7(16)3-1-2-5(15)8(17)12-11(20)10(19)9(18)6(4-14)21-12/h6,8-12,14,17-20H,1-4H2,(H2,13,16)/t6-,8?,9-,10+,11?,12+/m1/s1. The monoisotopic (exact) mass is 307 g/mol. The molecule has 1 amide bonds. The van der Waals surface area contributed by atoms with E-state index in [0.29, 0.717) is 0 Å². The third kappa shape index (κ3) is 4.43. The molecule has 2 unspecified atom stereocenters. The lowest BCUT2D eigenvalue weighted by molar-refractivity contribution is -0.246. The highest BCUT2D eigenvalue weighted by Crippen LogP contribution is 2.24. The van der Waals surface area contributed by atoms with Gasteiger partial charge in [-0.15, -0.1) is 0 Å². The predicted octanol–water partition coefficient (Wildman–Crippen LogP) is -3.59. The van der Waals surface area contributed by atoms with Crippen LogP contribution in [-0.4, -0.2) is 80.5 Å². The molecule has 0 radical (unpaired) electrons. The van der Waals surface area contributed by atoms with Crippen molar-refractivity contribution in [2.45, 2.75) is 55.9 Å². The molecular formula is C12H21NO8. The Morgan fingerprint density at radius 3 is 2.24 bits per heavy atom. The van der Waals surface area contributed by atoms with Crippen LogP contribution in [0.5, 0.6) is 0 Å². The fraction of sp³-hybridized carbons (Fsp3) is 0.833. The van der Waals surface area contributed by atoms with Gasteiger partial charge >= 0.3 is 0 Å². The second kappa shape index (κ2) is 7.78. The van der Waals surface area contributed by atoms with Crippen molar-refractivity contribution in [2.24, 2.45) is 5.73 Å². The van der Waals surface area contributed by atoms with Crippen molar-refractivity contribution in [1.82, 2.24) is 0 Å². The van der Waals surface area contributed by atoms with E-state index in [0.717, 1.165) is 0 Å². The van der Waals surface area contributed by atoms with E-state index in [1.165, 1.54) is 0 Å². The average molecular weight is 307 g/mol. The van der Waals surface area contributed by atoms with E-state index < -0.39 is 54.9 Å². The molecular weight excluding hydrogens is 286 g/mol.